The molecule has 114 valence electrons. The Morgan fingerprint density at radius 3 is 2.95 bits per heavy atom. The maximum atomic E-state index is 12.6. The van der Waals surface area contributed by atoms with Crippen molar-refractivity contribution in [2.45, 2.75) is 26.4 Å². The van der Waals surface area contributed by atoms with Crippen molar-refractivity contribution in [3.05, 3.63) is 30.6 Å². The molecule has 2 amide bonds. The third-order valence-corrected chi connectivity index (χ3v) is 2.81. The number of aryl methyl sites for hydroxylation is 1. The maximum Gasteiger partial charge on any atom is 0.319 e. The van der Waals surface area contributed by atoms with Crippen LogP contribution in [0.25, 0.3) is 0 Å². The molecule has 2 N–H and O–H groups in total. The van der Waals surface area contributed by atoms with Crippen molar-refractivity contribution >= 4 is 11.7 Å². The van der Waals surface area contributed by atoms with Crippen molar-refractivity contribution in [3.63, 3.8) is 0 Å². The monoisotopic (exact) mass is 298 g/mol. The van der Waals surface area contributed by atoms with Crippen LogP contribution in [-0.4, -0.2) is 31.9 Å². The van der Waals surface area contributed by atoms with Crippen molar-refractivity contribution in [2.24, 2.45) is 0 Å². The summed E-state index contributed by atoms with van der Waals surface area (Å²) in [7, 11) is 0. The fraction of sp³-hybridized carbons (Fsp3) is 0.417. The van der Waals surface area contributed by atoms with Gasteiger partial charge in [-0.3, -0.25) is 9.25 Å². The number of halogens is 2. The van der Waals surface area contributed by atoms with E-state index in [4.69, 9.17) is 0 Å². The number of rotatable bonds is 6. The highest BCUT2D eigenvalue weighted by atomic mass is 19.3. The molecule has 2 rings (SSSR count). The Kier molecular flexibility index (Phi) is 4.85. The van der Waals surface area contributed by atoms with Gasteiger partial charge in [-0.15, -0.1) is 0 Å². The normalized spacial score (nSPS) is 10.9. The maximum absolute atomic E-state index is 12.6. The van der Waals surface area contributed by atoms with Crippen LogP contribution < -0.4 is 10.6 Å². The number of anilines is 1. The van der Waals surface area contributed by atoms with Crippen LogP contribution in [0.3, 0.4) is 0 Å². The highest BCUT2D eigenvalue weighted by Crippen LogP contribution is 2.12. The summed E-state index contributed by atoms with van der Waals surface area (Å²) in [6.07, 6.45) is 5.97. The molecule has 0 radical (unpaired) electrons. The Morgan fingerprint density at radius 2 is 2.29 bits per heavy atom. The molecule has 0 bridgehead atoms. The lowest BCUT2D eigenvalue weighted by molar-refractivity contribution is 0.0670. The van der Waals surface area contributed by atoms with Gasteiger partial charge in [0.05, 0.1) is 11.9 Å². The van der Waals surface area contributed by atoms with Crippen LogP contribution in [0, 0.1) is 0 Å². The third kappa shape index (κ3) is 4.01. The lowest BCUT2D eigenvalue weighted by atomic mass is 10.4. The predicted octanol–water partition coefficient (Wildman–Crippen LogP) is 1.86. The standard InChI is InChI=1S/C12H16F2N6O/c1-2-19-8-9(7-17-19)18-12(21)16-4-3-10-15-5-6-20(10)11(13)14/h5-8,11H,2-4H2,1H3,(H2,16,18,21). The van der Waals surface area contributed by atoms with Gasteiger partial charge in [-0.2, -0.15) is 13.9 Å². The van der Waals surface area contributed by atoms with Crippen molar-refractivity contribution in [2.75, 3.05) is 11.9 Å². The largest absolute Gasteiger partial charge is 0.337 e. The van der Waals surface area contributed by atoms with Crippen molar-refractivity contribution in [3.8, 4) is 0 Å². The number of imidazole rings is 1. The smallest absolute Gasteiger partial charge is 0.319 e. The minimum absolute atomic E-state index is 0.206. The van der Waals surface area contributed by atoms with E-state index in [0.29, 0.717) is 12.2 Å². The third-order valence-electron chi connectivity index (χ3n) is 2.81. The number of nitrogens with zero attached hydrogens (tertiary/aromatic N) is 4. The van der Waals surface area contributed by atoms with Gasteiger partial charge in [0.15, 0.2) is 0 Å². The molecule has 0 saturated carbocycles. The molecule has 0 fully saturated rings. The highest BCUT2D eigenvalue weighted by Gasteiger charge is 2.11. The van der Waals surface area contributed by atoms with Gasteiger partial charge in [-0.25, -0.2) is 9.78 Å². The molecule has 0 unspecified atom stereocenters. The van der Waals surface area contributed by atoms with E-state index in [1.54, 1.807) is 10.9 Å². The van der Waals surface area contributed by atoms with E-state index >= 15 is 0 Å². The highest BCUT2D eigenvalue weighted by molar-refractivity contribution is 5.88. The van der Waals surface area contributed by atoms with Crippen LogP contribution in [0.15, 0.2) is 24.8 Å². The molecule has 0 aliphatic heterocycles. The molecule has 2 aromatic rings. The van der Waals surface area contributed by atoms with Crippen LogP contribution in [0.5, 0.6) is 0 Å². The van der Waals surface area contributed by atoms with Gasteiger partial charge >= 0.3 is 12.6 Å². The number of hydrogen-bond donors (Lipinski definition) is 2. The van der Waals surface area contributed by atoms with Crippen molar-refractivity contribution < 1.29 is 13.6 Å². The zero-order valence-corrected chi connectivity index (χ0v) is 11.5. The van der Waals surface area contributed by atoms with Gasteiger partial charge in [0.1, 0.15) is 5.82 Å². The van der Waals surface area contributed by atoms with E-state index < -0.39 is 12.6 Å². The van der Waals surface area contributed by atoms with E-state index in [9.17, 15) is 13.6 Å². The molecule has 21 heavy (non-hydrogen) atoms. The fourth-order valence-corrected chi connectivity index (χ4v) is 1.78. The summed E-state index contributed by atoms with van der Waals surface area (Å²) in [6.45, 7) is 0.218. The van der Waals surface area contributed by atoms with Gasteiger partial charge < -0.3 is 10.6 Å². The van der Waals surface area contributed by atoms with Gasteiger partial charge in [0.25, 0.3) is 0 Å². The minimum Gasteiger partial charge on any atom is -0.337 e. The van der Waals surface area contributed by atoms with Crippen molar-refractivity contribution in [1.82, 2.24) is 24.6 Å². The predicted molar refractivity (Wildman–Crippen MR) is 72.1 cm³/mol. The summed E-state index contributed by atoms with van der Waals surface area (Å²) >= 11 is 0. The molecule has 2 aromatic heterocycles. The van der Waals surface area contributed by atoms with Gasteiger partial charge in [-0.1, -0.05) is 0 Å². The molecule has 2 heterocycles. The summed E-state index contributed by atoms with van der Waals surface area (Å²) in [5.74, 6) is 0.226. The van der Waals surface area contributed by atoms with Crippen LogP contribution in [0.1, 0.15) is 19.3 Å². The zero-order chi connectivity index (χ0) is 15.2. The average Bonchev–Trinajstić information content (AvgIpc) is 3.07. The topological polar surface area (TPSA) is 76.8 Å². The summed E-state index contributed by atoms with van der Waals surface area (Å²) in [5.41, 5.74) is 0.573. The first-order valence-electron chi connectivity index (χ1n) is 6.47. The van der Waals surface area contributed by atoms with Crippen LogP contribution in [0.4, 0.5) is 19.3 Å². The Hall–Kier alpha value is -2.45. The second-order valence-corrected chi connectivity index (χ2v) is 4.24. The van der Waals surface area contributed by atoms with E-state index in [1.165, 1.54) is 18.6 Å². The Labute approximate surface area is 120 Å². The molecule has 0 spiro atoms. The molecule has 0 aliphatic carbocycles. The minimum atomic E-state index is -2.63. The number of carbonyl (C=O) groups excluding carboxylic acids is 1. The summed E-state index contributed by atoms with van der Waals surface area (Å²) in [4.78, 5) is 15.5. The molecule has 9 heteroatoms. The van der Waals surface area contributed by atoms with E-state index in [2.05, 4.69) is 20.7 Å². The van der Waals surface area contributed by atoms with Crippen LogP contribution in [0.2, 0.25) is 0 Å². The van der Waals surface area contributed by atoms with Gasteiger partial charge in [0, 0.05) is 38.1 Å². The number of urea groups is 1. The number of carbonyl (C=O) groups is 1. The van der Waals surface area contributed by atoms with E-state index in [1.807, 2.05) is 6.92 Å². The second kappa shape index (κ2) is 6.82. The summed E-state index contributed by atoms with van der Waals surface area (Å²) < 4.78 is 27.6. The Morgan fingerprint density at radius 1 is 1.48 bits per heavy atom. The first-order valence-corrected chi connectivity index (χ1v) is 6.47. The number of nitrogens with one attached hydrogen (secondary N) is 2. The van der Waals surface area contributed by atoms with Crippen LogP contribution >= 0.6 is 0 Å². The van der Waals surface area contributed by atoms with E-state index in [0.717, 1.165) is 4.57 Å². The van der Waals surface area contributed by atoms with Crippen LogP contribution in [-0.2, 0) is 13.0 Å². The molecule has 0 saturated heterocycles. The average molecular weight is 298 g/mol. The molecule has 0 aliphatic rings. The number of hydrogen-bond acceptors (Lipinski definition) is 3. The first kappa shape index (κ1) is 14.9. The number of amides is 2. The summed E-state index contributed by atoms with van der Waals surface area (Å²) in [5, 5.41) is 9.20. The molecular weight excluding hydrogens is 282 g/mol. The SMILES string of the molecule is CCn1cc(NC(=O)NCCc2nccn2C(F)F)cn1. The molecule has 7 nitrogen and oxygen atoms in total. The quantitative estimate of drug-likeness (QED) is 0.854. The Bertz CT molecular complexity index is 594. The first-order chi connectivity index (χ1) is 10.1. The fourth-order valence-electron chi connectivity index (χ4n) is 1.78. The van der Waals surface area contributed by atoms with Gasteiger partial charge in [0.2, 0.25) is 0 Å². The molecule has 0 atom stereocenters. The second-order valence-electron chi connectivity index (χ2n) is 4.24. The number of alkyl halides is 2. The lowest BCUT2D eigenvalue weighted by Gasteiger charge is -2.08. The van der Waals surface area contributed by atoms with Crippen molar-refractivity contribution in [1.29, 1.82) is 0 Å². The lowest BCUT2D eigenvalue weighted by Crippen LogP contribution is -2.30. The zero-order valence-electron chi connectivity index (χ0n) is 11.5. The number of aromatic nitrogens is 4. The molecular formula is C12H16F2N6O. The Balaban J connectivity index is 1.77. The summed E-state index contributed by atoms with van der Waals surface area (Å²) in [6, 6.07) is -0.416. The van der Waals surface area contributed by atoms with E-state index in [-0.39, 0.29) is 18.8 Å². The van der Waals surface area contributed by atoms with Gasteiger partial charge in [-0.05, 0) is 6.92 Å². The molecule has 0 aromatic carbocycles.